The minimum Gasteiger partial charge on any atom is -0.490 e. The SMILES string of the molecule is C=CCc1cc(C=C2C(=O)c3ccccc3C2=O)cc(OCC)c1OCc1cccc([N+](=O)[O-])c1. The zero-order chi connectivity index (χ0) is 24.9. The van der Waals surface area contributed by atoms with Gasteiger partial charge in [0.25, 0.3) is 5.69 Å². The molecule has 0 spiro atoms. The highest BCUT2D eigenvalue weighted by Gasteiger charge is 2.32. The van der Waals surface area contributed by atoms with Gasteiger partial charge in [-0.25, -0.2) is 0 Å². The van der Waals surface area contributed by atoms with Crippen LogP contribution in [0.2, 0.25) is 0 Å². The number of nitrogens with zero attached hydrogens (tertiary/aromatic N) is 1. The first-order valence-corrected chi connectivity index (χ1v) is 11.1. The van der Waals surface area contributed by atoms with E-state index in [-0.39, 0.29) is 29.4 Å². The summed E-state index contributed by atoms with van der Waals surface area (Å²) >= 11 is 0. The monoisotopic (exact) mass is 469 g/mol. The molecule has 0 aliphatic heterocycles. The number of benzene rings is 3. The maximum atomic E-state index is 12.8. The van der Waals surface area contributed by atoms with Gasteiger partial charge in [-0.15, -0.1) is 6.58 Å². The Balaban J connectivity index is 1.70. The van der Waals surface area contributed by atoms with E-state index in [1.807, 2.05) is 13.0 Å². The second kappa shape index (κ2) is 10.2. The summed E-state index contributed by atoms with van der Waals surface area (Å²) in [5.74, 6) is 0.312. The number of non-ortho nitro benzene ring substituents is 1. The number of nitro benzene ring substituents is 1. The smallest absolute Gasteiger partial charge is 0.269 e. The fourth-order valence-corrected chi connectivity index (χ4v) is 3.99. The van der Waals surface area contributed by atoms with Gasteiger partial charge in [-0.1, -0.05) is 42.5 Å². The Bertz CT molecular complexity index is 1330. The minimum absolute atomic E-state index is 0.0173. The fraction of sp³-hybridized carbons (Fsp3) is 0.143. The molecule has 0 unspecified atom stereocenters. The molecule has 176 valence electrons. The predicted molar refractivity (Wildman–Crippen MR) is 132 cm³/mol. The van der Waals surface area contributed by atoms with Gasteiger partial charge in [-0.3, -0.25) is 19.7 Å². The first kappa shape index (κ1) is 23.6. The number of ketones is 2. The summed E-state index contributed by atoms with van der Waals surface area (Å²) in [6, 6.07) is 16.5. The van der Waals surface area contributed by atoms with Gasteiger partial charge in [0.2, 0.25) is 0 Å². The largest absolute Gasteiger partial charge is 0.490 e. The predicted octanol–water partition coefficient (Wildman–Crippen LogP) is 5.76. The van der Waals surface area contributed by atoms with E-state index in [0.29, 0.717) is 46.8 Å². The molecule has 0 saturated carbocycles. The molecule has 0 atom stereocenters. The summed E-state index contributed by atoms with van der Waals surface area (Å²) in [4.78, 5) is 36.3. The average molecular weight is 469 g/mol. The van der Waals surface area contributed by atoms with Crippen LogP contribution in [0.25, 0.3) is 6.08 Å². The van der Waals surface area contributed by atoms with Gasteiger partial charge in [0, 0.05) is 28.8 Å². The van der Waals surface area contributed by atoms with Crippen LogP contribution < -0.4 is 9.47 Å². The molecule has 1 aliphatic rings. The van der Waals surface area contributed by atoms with Crippen LogP contribution in [-0.2, 0) is 13.0 Å². The van der Waals surface area contributed by atoms with Crippen LogP contribution in [0.4, 0.5) is 5.69 Å². The van der Waals surface area contributed by atoms with Crippen molar-refractivity contribution in [2.24, 2.45) is 0 Å². The quantitative estimate of drug-likeness (QED) is 0.130. The second-order valence-electron chi connectivity index (χ2n) is 7.91. The Labute approximate surface area is 202 Å². The van der Waals surface area contributed by atoms with Gasteiger partial charge in [-0.2, -0.15) is 0 Å². The molecule has 0 amide bonds. The number of carbonyl (C=O) groups excluding carboxylic acids is 2. The maximum Gasteiger partial charge on any atom is 0.269 e. The number of Topliss-reactive ketones (excluding diaryl/α,β-unsaturated/α-hetero) is 2. The lowest BCUT2D eigenvalue weighted by Crippen LogP contribution is -2.04. The molecule has 0 radical (unpaired) electrons. The van der Waals surface area contributed by atoms with E-state index in [9.17, 15) is 19.7 Å². The van der Waals surface area contributed by atoms with Crippen LogP contribution in [0.1, 0.15) is 44.3 Å². The first-order valence-electron chi connectivity index (χ1n) is 11.1. The normalized spacial score (nSPS) is 12.3. The molecule has 1 aliphatic carbocycles. The summed E-state index contributed by atoms with van der Waals surface area (Å²) < 4.78 is 11.9. The van der Waals surface area contributed by atoms with Crippen LogP contribution in [0, 0.1) is 10.1 Å². The molecule has 0 N–H and O–H groups in total. The number of fused-ring (bicyclic) bond motifs is 1. The Kier molecular flexibility index (Phi) is 6.87. The third kappa shape index (κ3) is 4.89. The van der Waals surface area contributed by atoms with Crippen LogP contribution in [-0.4, -0.2) is 23.1 Å². The van der Waals surface area contributed by atoms with Crippen molar-refractivity contribution >= 4 is 23.3 Å². The third-order valence-corrected chi connectivity index (χ3v) is 5.54. The van der Waals surface area contributed by atoms with Crippen molar-refractivity contribution in [2.45, 2.75) is 20.0 Å². The van der Waals surface area contributed by atoms with E-state index < -0.39 is 4.92 Å². The van der Waals surface area contributed by atoms with Crippen molar-refractivity contribution in [1.29, 1.82) is 0 Å². The van der Waals surface area contributed by atoms with E-state index in [2.05, 4.69) is 6.58 Å². The van der Waals surface area contributed by atoms with Gasteiger partial charge >= 0.3 is 0 Å². The van der Waals surface area contributed by atoms with E-state index in [0.717, 1.165) is 5.56 Å². The molecule has 0 fully saturated rings. The zero-order valence-corrected chi connectivity index (χ0v) is 19.2. The topological polar surface area (TPSA) is 95.7 Å². The minimum atomic E-state index is -0.454. The molecule has 0 heterocycles. The van der Waals surface area contributed by atoms with E-state index >= 15 is 0 Å². The highest BCUT2D eigenvalue weighted by Crippen LogP contribution is 2.36. The Hall–Kier alpha value is -4.52. The Morgan fingerprint density at radius 1 is 0.971 bits per heavy atom. The number of ether oxygens (including phenoxy) is 2. The number of nitro groups is 1. The molecule has 0 aromatic heterocycles. The lowest BCUT2D eigenvalue weighted by Gasteiger charge is -2.17. The Morgan fingerprint density at radius 3 is 2.31 bits per heavy atom. The molecule has 3 aromatic carbocycles. The third-order valence-electron chi connectivity index (χ3n) is 5.54. The van der Waals surface area contributed by atoms with Crippen molar-refractivity contribution in [1.82, 2.24) is 0 Å². The van der Waals surface area contributed by atoms with Crippen molar-refractivity contribution in [2.75, 3.05) is 6.61 Å². The summed E-state index contributed by atoms with van der Waals surface area (Å²) in [6.07, 6.45) is 3.73. The van der Waals surface area contributed by atoms with Crippen molar-refractivity contribution in [3.8, 4) is 11.5 Å². The number of carbonyl (C=O) groups is 2. The summed E-state index contributed by atoms with van der Waals surface area (Å²) in [7, 11) is 0. The fourth-order valence-electron chi connectivity index (χ4n) is 3.99. The van der Waals surface area contributed by atoms with Crippen molar-refractivity contribution in [3.63, 3.8) is 0 Å². The molecule has 3 aromatic rings. The number of hydrogen-bond acceptors (Lipinski definition) is 6. The second-order valence-corrected chi connectivity index (χ2v) is 7.91. The van der Waals surface area contributed by atoms with E-state index in [1.54, 1.807) is 54.6 Å². The average Bonchev–Trinajstić information content (AvgIpc) is 3.09. The molecule has 7 heteroatoms. The summed E-state index contributed by atoms with van der Waals surface area (Å²) in [5, 5.41) is 11.1. The molecule has 4 rings (SSSR count). The van der Waals surface area contributed by atoms with Gasteiger partial charge in [0.15, 0.2) is 23.1 Å². The van der Waals surface area contributed by atoms with E-state index in [4.69, 9.17) is 9.47 Å². The number of hydrogen-bond donors (Lipinski definition) is 0. The van der Waals surface area contributed by atoms with Gasteiger partial charge in [-0.05, 0) is 42.7 Å². The molecular formula is C28H23NO6. The van der Waals surface area contributed by atoms with Crippen molar-refractivity contribution < 1.29 is 24.0 Å². The maximum absolute atomic E-state index is 12.8. The summed E-state index contributed by atoms with van der Waals surface area (Å²) in [6.45, 7) is 6.11. The summed E-state index contributed by atoms with van der Waals surface area (Å²) in [5.41, 5.74) is 2.89. The highest BCUT2D eigenvalue weighted by molar-refractivity contribution is 6.41. The standard InChI is InChI=1S/C28H23NO6/c1-3-8-20-13-19(15-24-26(30)22-11-5-6-12-23(22)27(24)31)16-25(34-4-2)28(20)35-17-18-9-7-10-21(14-18)29(32)33/h3,5-7,9-16H,1,4,8,17H2,2H3. The first-order chi connectivity index (χ1) is 16.9. The lowest BCUT2D eigenvalue weighted by atomic mass is 10.0. The van der Waals surface area contributed by atoms with Crippen LogP contribution in [0.5, 0.6) is 11.5 Å². The number of rotatable bonds is 9. The Morgan fingerprint density at radius 2 is 1.69 bits per heavy atom. The van der Waals surface area contributed by atoms with Gasteiger partial charge in [0.05, 0.1) is 17.1 Å². The van der Waals surface area contributed by atoms with Gasteiger partial charge in [0.1, 0.15) is 6.61 Å². The molecular weight excluding hydrogens is 446 g/mol. The van der Waals surface area contributed by atoms with E-state index in [1.165, 1.54) is 12.1 Å². The van der Waals surface area contributed by atoms with Crippen LogP contribution in [0.3, 0.4) is 0 Å². The molecule has 0 saturated heterocycles. The lowest BCUT2D eigenvalue weighted by molar-refractivity contribution is -0.384. The highest BCUT2D eigenvalue weighted by atomic mass is 16.6. The molecule has 35 heavy (non-hydrogen) atoms. The van der Waals surface area contributed by atoms with Crippen LogP contribution >= 0.6 is 0 Å². The van der Waals surface area contributed by atoms with Gasteiger partial charge < -0.3 is 9.47 Å². The van der Waals surface area contributed by atoms with Crippen LogP contribution in [0.15, 0.2) is 78.9 Å². The molecule has 7 nitrogen and oxygen atoms in total. The number of allylic oxidation sites excluding steroid dienone is 2. The van der Waals surface area contributed by atoms with Crippen molar-refractivity contribution in [3.05, 3.63) is 117 Å². The zero-order valence-electron chi connectivity index (χ0n) is 19.2. The molecule has 0 bridgehead atoms.